The number of nitrogens with zero attached hydrogens (tertiary/aromatic N) is 1. The maximum atomic E-state index is 8.58. The Morgan fingerprint density at radius 2 is 1.79 bits per heavy atom. The van der Waals surface area contributed by atoms with Crippen LogP contribution in [0.1, 0.15) is 21.7 Å². The number of ether oxygens (including phenoxy) is 1. The minimum absolute atomic E-state index is 0. The molecule has 4 rings (SSSR count). The number of fused-ring (bicyclic) bond motifs is 1. The van der Waals surface area contributed by atoms with Gasteiger partial charge in [-0.25, -0.2) is 0 Å². The van der Waals surface area contributed by atoms with Gasteiger partial charge in [0.2, 0.25) is 0 Å². The molecule has 0 spiro atoms. The van der Waals surface area contributed by atoms with Gasteiger partial charge >= 0.3 is 0 Å². The molecular weight excluding hydrogens is 413 g/mol. The highest BCUT2D eigenvalue weighted by Gasteiger charge is 2.17. The van der Waals surface area contributed by atoms with Gasteiger partial charge in [-0.05, 0) is 26.0 Å². The normalized spacial score (nSPS) is 14.5. The molecule has 0 atom stereocenters. The van der Waals surface area contributed by atoms with Gasteiger partial charge in [0.05, 0.1) is 36.9 Å². The summed E-state index contributed by atoms with van der Waals surface area (Å²) in [6, 6.07) is 12.7. The second-order valence-corrected chi connectivity index (χ2v) is 8.19. The Bertz CT molecular complexity index is 927. The third-order valence-corrected chi connectivity index (χ3v) is 6.44. The number of aryl methyl sites for hydroxylation is 2. The average Bonchev–Trinajstić information content (AvgIpc) is 3.18. The molecule has 1 aliphatic heterocycles. The van der Waals surface area contributed by atoms with Gasteiger partial charge in [-0.15, -0.1) is 11.3 Å². The molecule has 1 fully saturated rings. The highest BCUT2D eigenvalue weighted by atomic mass is 35.5. The van der Waals surface area contributed by atoms with Crippen LogP contribution in [-0.4, -0.2) is 43.1 Å². The summed E-state index contributed by atoms with van der Waals surface area (Å²) in [6.07, 6.45) is 0. The van der Waals surface area contributed by atoms with E-state index in [0.717, 1.165) is 49.8 Å². The number of thiophene rings is 1. The molecule has 2 N–H and O–H groups in total. The smallest absolute Gasteiger partial charge is 0.103 e. The molecule has 0 radical (unpaired) electrons. The lowest BCUT2D eigenvalue weighted by Gasteiger charge is -2.24. The van der Waals surface area contributed by atoms with Crippen molar-refractivity contribution in [2.75, 3.05) is 32.8 Å². The molecule has 0 amide bonds. The second-order valence-electron chi connectivity index (χ2n) is 7.16. The lowest BCUT2D eigenvalue weighted by Crippen LogP contribution is -3.14. The first-order valence-electron chi connectivity index (χ1n) is 9.29. The van der Waals surface area contributed by atoms with Crippen LogP contribution in [0.4, 0.5) is 0 Å². The number of quaternary nitrogens is 1. The van der Waals surface area contributed by atoms with Gasteiger partial charge in [0.1, 0.15) is 17.9 Å². The monoisotopic (exact) mass is 438 g/mol. The van der Waals surface area contributed by atoms with Crippen molar-refractivity contribution in [1.82, 2.24) is 4.57 Å². The summed E-state index contributed by atoms with van der Waals surface area (Å²) in [5.41, 5.74) is 4.15. The predicted molar refractivity (Wildman–Crippen MR) is 108 cm³/mol. The van der Waals surface area contributed by atoms with Crippen molar-refractivity contribution in [3.05, 3.63) is 58.1 Å². The summed E-state index contributed by atoms with van der Waals surface area (Å²) in [4.78, 5) is 3.97. The molecule has 0 unspecified atom stereocenters. The number of benzene rings is 1. The van der Waals surface area contributed by atoms with E-state index in [1.54, 1.807) is 16.2 Å². The van der Waals surface area contributed by atoms with Crippen molar-refractivity contribution in [3.63, 3.8) is 0 Å². The van der Waals surface area contributed by atoms with E-state index >= 15 is 0 Å². The van der Waals surface area contributed by atoms with Crippen LogP contribution in [0.2, 0.25) is 0 Å². The standard InChI is InChI=1S/C21H25N3OS.2ClH/c1-15-3-5-17(6-4-15)20(22)19-14-18-13-16(2)24(21(18)26-19)8-7-23-9-11-25-12-10-23;;/h3-6,13-14,22H,7-12H2,1-2H3;2*1H/p-1. The van der Waals surface area contributed by atoms with Crippen LogP contribution in [0, 0.1) is 19.3 Å². The molecule has 1 aliphatic rings. The third kappa shape index (κ3) is 4.78. The number of hydrogen-bond acceptors (Lipinski definition) is 3. The molecule has 4 nitrogen and oxygen atoms in total. The van der Waals surface area contributed by atoms with Gasteiger partial charge in [0.15, 0.2) is 0 Å². The zero-order chi connectivity index (χ0) is 18.1. The van der Waals surface area contributed by atoms with Crippen molar-refractivity contribution < 1.29 is 34.5 Å². The Kier molecular flexibility index (Phi) is 8.10. The van der Waals surface area contributed by atoms with Crippen molar-refractivity contribution in [2.45, 2.75) is 20.4 Å². The van der Waals surface area contributed by atoms with Gasteiger partial charge in [-0.3, -0.25) is 5.41 Å². The SMILES string of the molecule is Cc1ccc(C(=N)c2cc3cc(C)n(CC[NH+]4CCOCC4)c3s2)cc1.[Cl-].[Cl-]. The van der Waals surface area contributed by atoms with E-state index in [4.69, 9.17) is 10.1 Å². The highest BCUT2D eigenvalue weighted by Crippen LogP contribution is 2.30. The fourth-order valence-electron chi connectivity index (χ4n) is 3.62. The zero-order valence-corrected chi connectivity index (χ0v) is 18.6. The molecule has 0 bridgehead atoms. The predicted octanol–water partition coefficient (Wildman–Crippen LogP) is -3.34. The fraction of sp³-hybridized carbons (Fsp3) is 0.381. The Labute approximate surface area is 182 Å². The molecule has 0 aliphatic carbocycles. The number of aromatic nitrogens is 1. The quantitative estimate of drug-likeness (QED) is 0.402. The van der Waals surface area contributed by atoms with E-state index in [1.165, 1.54) is 21.5 Å². The molecule has 1 aromatic carbocycles. The number of hydrogen-bond donors (Lipinski definition) is 2. The Hall–Kier alpha value is -1.37. The van der Waals surface area contributed by atoms with Crippen molar-refractivity contribution in [1.29, 1.82) is 5.41 Å². The van der Waals surface area contributed by atoms with E-state index in [2.05, 4.69) is 42.7 Å². The van der Waals surface area contributed by atoms with Gasteiger partial charge in [0.25, 0.3) is 0 Å². The molecule has 3 heterocycles. The van der Waals surface area contributed by atoms with Crippen LogP contribution in [0.5, 0.6) is 0 Å². The van der Waals surface area contributed by atoms with Crippen LogP contribution >= 0.6 is 11.3 Å². The minimum atomic E-state index is 0. The lowest BCUT2D eigenvalue weighted by molar-refractivity contribution is -0.908. The number of nitrogens with one attached hydrogen (secondary N) is 2. The topological polar surface area (TPSA) is 42.5 Å². The van der Waals surface area contributed by atoms with Crippen molar-refractivity contribution in [2.24, 2.45) is 0 Å². The van der Waals surface area contributed by atoms with E-state index in [1.807, 2.05) is 12.1 Å². The Morgan fingerprint density at radius 3 is 2.46 bits per heavy atom. The Balaban J connectivity index is 0.00000140. The van der Waals surface area contributed by atoms with E-state index < -0.39 is 0 Å². The third-order valence-electron chi connectivity index (χ3n) is 5.25. The largest absolute Gasteiger partial charge is 1.00 e. The van der Waals surface area contributed by atoms with Crippen LogP contribution in [0.3, 0.4) is 0 Å². The van der Waals surface area contributed by atoms with Gasteiger partial charge in [-0.1, -0.05) is 29.8 Å². The average molecular weight is 439 g/mol. The molecule has 2 aromatic heterocycles. The first-order valence-corrected chi connectivity index (χ1v) is 10.1. The first-order chi connectivity index (χ1) is 12.6. The molecule has 152 valence electrons. The van der Waals surface area contributed by atoms with E-state index in [0.29, 0.717) is 5.71 Å². The van der Waals surface area contributed by atoms with Gasteiger partial charge in [-0.2, -0.15) is 0 Å². The molecule has 7 heteroatoms. The highest BCUT2D eigenvalue weighted by molar-refractivity contribution is 7.20. The van der Waals surface area contributed by atoms with Gasteiger partial charge in [0, 0.05) is 16.6 Å². The van der Waals surface area contributed by atoms with Crippen LogP contribution in [0.25, 0.3) is 10.2 Å². The van der Waals surface area contributed by atoms with Gasteiger partial charge < -0.3 is 39.0 Å². The minimum Gasteiger partial charge on any atom is -1.00 e. The summed E-state index contributed by atoms with van der Waals surface area (Å²) in [5, 5.41) is 9.84. The number of halogens is 2. The number of morpholine rings is 1. The summed E-state index contributed by atoms with van der Waals surface area (Å²) >= 11 is 1.74. The molecule has 1 saturated heterocycles. The number of rotatable bonds is 5. The van der Waals surface area contributed by atoms with E-state index in [-0.39, 0.29) is 24.8 Å². The zero-order valence-electron chi connectivity index (χ0n) is 16.2. The summed E-state index contributed by atoms with van der Waals surface area (Å²) < 4.78 is 7.89. The van der Waals surface area contributed by atoms with Crippen molar-refractivity contribution in [3.8, 4) is 0 Å². The lowest BCUT2D eigenvalue weighted by atomic mass is 10.1. The molecule has 28 heavy (non-hydrogen) atoms. The molecule has 3 aromatic rings. The van der Waals surface area contributed by atoms with Crippen molar-refractivity contribution >= 4 is 27.3 Å². The summed E-state index contributed by atoms with van der Waals surface area (Å²) in [6.45, 7) is 10.4. The molecule has 0 saturated carbocycles. The second kappa shape index (κ2) is 9.90. The summed E-state index contributed by atoms with van der Waals surface area (Å²) in [5.74, 6) is 0. The summed E-state index contributed by atoms with van der Waals surface area (Å²) in [7, 11) is 0. The van der Waals surface area contributed by atoms with Crippen LogP contribution in [-0.2, 0) is 11.3 Å². The molecular formula is C21H26Cl2N3OS-. The van der Waals surface area contributed by atoms with Crippen LogP contribution < -0.4 is 29.7 Å². The van der Waals surface area contributed by atoms with E-state index in [9.17, 15) is 0 Å². The fourth-order valence-corrected chi connectivity index (χ4v) is 4.81. The Morgan fingerprint density at radius 1 is 1.11 bits per heavy atom. The maximum absolute atomic E-state index is 8.58. The van der Waals surface area contributed by atoms with Crippen LogP contribution in [0.15, 0.2) is 36.4 Å². The first kappa shape index (κ1) is 22.9. The maximum Gasteiger partial charge on any atom is 0.103 e.